The Kier molecular flexibility index (Phi) is 4.52. The summed E-state index contributed by atoms with van der Waals surface area (Å²) in [4.78, 5) is 26.8. The normalized spacial score (nSPS) is 25.6. The fraction of sp³-hybridized carbons (Fsp3) is 0.579. The van der Waals surface area contributed by atoms with Crippen molar-refractivity contribution >= 4 is 12.1 Å². The molecule has 1 aromatic carbocycles. The molecule has 3 atom stereocenters. The second kappa shape index (κ2) is 6.46. The molecule has 0 spiro atoms. The molecule has 5 nitrogen and oxygen atoms in total. The van der Waals surface area contributed by atoms with Gasteiger partial charge in [-0.1, -0.05) is 30.3 Å². The van der Waals surface area contributed by atoms with Gasteiger partial charge < -0.3 is 9.47 Å². The second-order valence-electron chi connectivity index (χ2n) is 7.65. The first-order valence-corrected chi connectivity index (χ1v) is 8.57. The van der Waals surface area contributed by atoms with Crippen LogP contribution in [0.4, 0.5) is 4.79 Å². The Labute approximate surface area is 142 Å². The second-order valence-corrected chi connectivity index (χ2v) is 7.65. The van der Waals surface area contributed by atoms with E-state index < -0.39 is 17.7 Å². The molecule has 1 aliphatic carbocycles. The van der Waals surface area contributed by atoms with Crippen LogP contribution in [0, 0.1) is 5.92 Å². The number of amides is 1. The maximum atomic E-state index is 12.6. The summed E-state index contributed by atoms with van der Waals surface area (Å²) >= 11 is 0. The van der Waals surface area contributed by atoms with Gasteiger partial charge in [0.15, 0.2) is 0 Å². The van der Waals surface area contributed by atoms with Crippen molar-refractivity contribution in [3.05, 3.63) is 35.9 Å². The first-order chi connectivity index (χ1) is 11.3. The van der Waals surface area contributed by atoms with Gasteiger partial charge in [-0.2, -0.15) is 0 Å². The van der Waals surface area contributed by atoms with Crippen LogP contribution in [0.5, 0.6) is 0 Å². The molecule has 2 fully saturated rings. The van der Waals surface area contributed by atoms with E-state index in [-0.39, 0.29) is 24.5 Å². The van der Waals surface area contributed by atoms with Crippen molar-refractivity contribution in [2.24, 2.45) is 5.92 Å². The van der Waals surface area contributed by atoms with E-state index in [0.29, 0.717) is 0 Å². The number of piperidine rings is 1. The van der Waals surface area contributed by atoms with Gasteiger partial charge in [-0.3, -0.25) is 4.90 Å². The summed E-state index contributed by atoms with van der Waals surface area (Å²) in [5.41, 5.74) is 0.377. The smallest absolute Gasteiger partial charge is 0.411 e. The molecule has 1 saturated heterocycles. The average molecular weight is 331 g/mol. The summed E-state index contributed by atoms with van der Waals surface area (Å²) in [5, 5.41) is 0. The number of ether oxygens (including phenoxy) is 2. The lowest BCUT2D eigenvalue weighted by atomic mass is 9.99. The zero-order chi connectivity index (χ0) is 17.3. The lowest BCUT2D eigenvalue weighted by Gasteiger charge is -2.34. The molecule has 1 aliphatic heterocycles. The highest BCUT2D eigenvalue weighted by Gasteiger charge is 2.53. The summed E-state index contributed by atoms with van der Waals surface area (Å²) in [7, 11) is 0. The minimum Gasteiger partial charge on any atom is -0.458 e. The van der Waals surface area contributed by atoms with Crippen LogP contribution in [0.15, 0.2) is 30.3 Å². The molecule has 1 amide bonds. The van der Waals surface area contributed by atoms with Gasteiger partial charge in [-0.25, -0.2) is 9.59 Å². The highest BCUT2D eigenvalue weighted by Crippen LogP contribution is 2.43. The number of hydrogen-bond donors (Lipinski definition) is 0. The molecule has 1 saturated carbocycles. The van der Waals surface area contributed by atoms with Crippen LogP contribution < -0.4 is 0 Å². The highest BCUT2D eigenvalue weighted by atomic mass is 16.6. The summed E-state index contributed by atoms with van der Waals surface area (Å²) in [6.07, 6.45) is 2.35. The first-order valence-electron chi connectivity index (χ1n) is 8.57. The molecule has 3 rings (SSSR count). The Morgan fingerprint density at radius 3 is 2.54 bits per heavy atom. The Morgan fingerprint density at radius 2 is 1.88 bits per heavy atom. The zero-order valence-corrected chi connectivity index (χ0v) is 14.5. The van der Waals surface area contributed by atoms with E-state index in [9.17, 15) is 9.59 Å². The lowest BCUT2D eigenvalue weighted by Crippen LogP contribution is -2.51. The summed E-state index contributed by atoms with van der Waals surface area (Å²) in [5.74, 6) is -0.125. The van der Waals surface area contributed by atoms with Crippen LogP contribution in [0.25, 0.3) is 0 Å². The highest BCUT2D eigenvalue weighted by molar-refractivity contribution is 5.83. The van der Waals surface area contributed by atoms with E-state index in [4.69, 9.17) is 9.47 Å². The number of fused-ring (bicyclic) bond motifs is 2. The van der Waals surface area contributed by atoms with Crippen LogP contribution in [-0.2, 0) is 20.9 Å². The number of carbonyl (C=O) groups excluding carboxylic acids is 2. The van der Waals surface area contributed by atoms with Crippen LogP contribution in [0.1, 0.15) is 45.6 Å². The number of nitrogens with zero attached hydrogens (tertiary/aromatic N) is 1. The lowest BCUT2D eigenvalue weighted by molar-refractivity contribution is -0.162. The molecule has 1 aromatic rings. The number of rotatable bonds is 3. The fourth-order valence-corrected chi connectivity index (χ4v) is 3.71. The van der Waals surface area contributed by atoms with Crippen LogP contribution in [0.2, 0.25) is 0 Å². The van der Waals surface area contributed by atoms with Crippen LogP contribution >= 0.6 is 0 Å². The van der Waals surface area contributed by atoms with Crippen molar-refractivity contribution in [1.82, 2.24) is 4.90 Å². The SMILES string of the molecule is CC(C)(C)OC(=O)[C@@H]1[C@H]2CC[C@H](C2)N1C(=O)OCc1ccccc1. The third kappa shape index (κ3) is 3.55. The van der Waals surface area contributed by atoms with Crippen molar-refractivity contribution in [3.63, 3.8) is 0 Å². The van der Waals surface area contributed by atoms with E-state index in [1.807, 2.05) is 51.1 Å². The Morgan fingerprint density at radius 1 is 1.17 bits per heavy atom. The topological polar surface area (TPSA) is 55.8 Å². The largest absolute Gasteiger partial charge is 0.458 e. The van der Waals surface area contributed by atoms with Crippen LogP contribution in [-0.4, -0.2) is 34.6 Å². The monoisotopic (exact) mass is 331 g/mol. The van der Waals surface area contributed by atoms with Gasteiger partial charge in [0.1, 0.15) is 18.2 Å². The molecule has 0 unspecified atom stereocenters. The number of esters is 1. The molecule has 5 heteroatoms. The van der Waals surface area contributed by atoms with Gasteiger partial charge in [0.25, 0.3) is 0 Å². The quantitative estimate of drug-likeness (QED) is 0.795. The number of carbonyl (C=O) groups is 2. The Hall–Kier alpha value is -2.04. The molecule has 24 heavy (non-hydrogen) atoms. The zero-order valence-electron chi connectivity index (χ0n) is 14.5. The summed E-state index contributed by atoms with van der Waals surface area (Å²) < 4.78 is 11.0. The first kappa shape index (κ1) is 16.8. The van der Waals surface area contributed by atoms with Crippen molar-refractivity contribution in [2.75, 3.05) is 0 Å². The maximum Gasteiger partial charge on any atom is 0.411 e. The average Bonchev–Trinajstić information content (AvgIpc) is 3.13. The molecule has 2 aliphatic rings. The summed E-state index contributed by atoms with van der Waals surface area (Å²) in [6, 6.07) is 9.14. The van der Waals surface area contributed by atoms with E-state index in [2.05, 4.69) is 0 Å². The summed E-state index contributed by atoms with van der Waals surface area (Å²) in [6.45, 7) is 5.75. The van der Waals surface area contributed by atoms with E-state index >= 15 is 0 Å². The molecule has 0 radical (unpaired) electrons. The van der Waals surface area contributed by atoms with Crippen molar-refractivity contribution in [2.45, 2.75) is 64.3 Å². The maximum absolute atomic E-state index is 12.6. The molecule has 2 bridgehead atoms. The predicted molar refractivity (Wildman–Crippen MR) is 89.2 cm³/mol. The Balaban J connectivity index is 1.67. The van der Waals surface area contributed by atoms with Gasteiger partial charge in [0.2, 0.25) is 0 Å². The van der Waals surface area contributed by atoms with Crippen molar-refractivity contribution < 1.29 is 19.1 Å². The van der Waals surface area contributed by atoms with Gasteiger partial charge >= 0.3 is 12.1 Å². The van der Waals surface area contributed by atoms with E-state index in [1.54, 1.807) is 4.90 Å². The van der Waals surface area contributed by atoms with E-state index in [0.717, 1.165) is 24.8 Å². The molecule has 0 N–H and O–H groups in total. The predicted octanol–water partition coefficient (Wildman–Crippen LogP) is 3.52. The number of likely N-dealkylation sites (tertiary alicyclic amines) is 1. The minimum atomic E-state index is -0.557. The third-order valence-corrected chi connectivity index (χ3v) is 4.65. The Bertz CT molecular complexity index is 608. The van der Waals surface area contributed by atoms with Gasteiger partial charge in [0, 0.05) is 6.04 Å². The molecule has 130 valence electrons. The van der Waals surface area contributed by atoms with Crippen LogP contribution in [0.3, 0.4) is 0 Å². The number of benzene rings is 1. The van der Waals surface area contributed by atoms with Crippen molar-refractivity contribution in [3.8, 4) is 0 Å². The molecule has 1 heterocycles. The van der Waals surface area contributed by atoms with Crippen molar-refractivity contribution in [1.29, 1.82) is 0 Å². The number of hydrogen-bond acceptors (Lipinski definition) is 4. The van der Waals surface area contributed by atoms with Gasteiger partial charge in [-0.15, -0.1) is 0 Å². The standard InChI is InChI=1S/C19H25NO4/c1-19(2,3)24-17(21)16-14-9-10-15(11-14)20(16)18(22)23-12-13-7-5-4-6-8-13/h4-8,14-16H,9-12H2,1-3H3/t14-,15+,16-/m0/s1. The van der Waals surface area contributed by atoms with Gasteiger partial charge in [-0.05, 0) is 51.5 Å². The molecular weight excluding hydrogens is 306 g/mol. The third-order valence-electron chi connectivity index (χ3n) is 4.65. The van der Waals surface area contributed by atoms with Gasteiger partial charge in [0.05, 0.1) is 0 Å². The molecule has 0 aromatic heterocycles. The fourth-order valence-electron chi connectivity index (χ4n) is 3.71. The molecular formula is C19H25NO4. The van der Waals surface area contributed by atoms with E-state index in [1.165, 1.54) is 0 Å². The minimum absolute atomic E-state index is 0.0933.